The highest BCUT2D eigenvalue weighted by molar-refractivity contribution is 7.71. The first kappa shape index (κ1) is 10.1. The molecule has 1 aliphatic carbocycles. The fourth-order valence-corrected chi connectivity index (χ4v) is 2.76. The minimum absolute atomic E-state index is 0.400. The van der Waals surface area contributed by atoms with Gasteiger partial charge in [-0.25, -0.2) is 0 Å². The number of hydrogen-bond acceptors (Lipinski definition) is 1. The van der Waals surface area contributed by atoms with Gasteiger partial charge in [-0.1, -0.05) is 19.9 Å². The van der Waals surface area contributed by atoms with E-state index in [1.54, 1.807) is 0 Å². The summed E-state index contributed by atoms with van der Waals surface area (Å²) in [7, 11) is 0. The van der Waals surface area contributed by atoms with Crippen LogP contribution in [0.3, 0.4) is 0 Å². The molecule has 16 heavy (non-hydrogen) atoms. The summed E-state index contributed by atoms with van der Waals surface area (Å²) in [6.45, 7) is 6.72. The standard InChI is InChI=1S/C13H16N2S/c1-8-4-5-9-10(6-8)15(12(16)14-9)11-7-13(11,2)3/h4-6,11H,7H2,1-3H3,(H,14,16). The van der Waals surface area contributed by atoms with Crippen LogP contribution in [-0.4, -0.2) is 9.55 Å². The van der Waals surface area contributed by atoms with Gasteiger partial charge in [-0.2, -0.15) is 0 Å². The molecule has 1 aliphatic rings. The van der Waals surface area contributed by atoms with Gasteiger partial charge in [-0.3, -0.25) is 0 Å². The smallest absolute Gasteiger partial charge is 0.178 e. The fraction of sp³-hybridized carbons (Fsp3) is 0.462. The maximum absolute atomic E-state index is 5.42. The average molecular weight is 232 g/mol. The molecule has 2 nitrogen and oxygen atoms in total. The highest BCUT2D eigenvalue weighted by Crippen LogP contribution is 2.56. The van der Waals surface area contributed by atoms with E-state index >= 15 is 0 Å². The molecule has 0 aliphatic heterocycles. The third-order valence-corrected chi connectivity index (χ3v) is 3.94. The van der Waals surface area contributed by atoms with Gasteiger partial charge in [0.05, 0.1) is 11.0 Å². The molecule has 0 spiro atoms. The van der Waals surface area contributed by atoms with Crippen LogP contribution in [-0.2, 0) is 0 Å². The van der Waals surface area contributed by atoms with Gasteiger partial charge in [0.1, 0.15) is 0 Å². The number of nitrogens with zero attached hydrogens (tertiary/aromatic N) is 1. The summed E-state index contributed by atoms with van der Waals surface area (Å²) in [4.78, 5) is 3.29. The van der Waals surface area contributed by atoms with E-state index in [0.717, 1.165) is 10.3 Å². The van der Waals surface area contributed by atoms with E-state index in [4.69, 9.17) is 12.2 Å². The molecule has 1 saturated carbocycles. The second-order valence-electron chi connectivity index (χ2n) is 5.53. The number of aromatic amines is 1. The Labute approximate surface area is 100 Å². The minimum Gasteiger partial charge on any atom is -0.331 e. The van der Waals surface area contributed by atoms with Gasteiger partial charge in [0, 0.05) is 6.04 Å². The summed E-state index contributed by atoms with van der Waals surface area (Å²) in [5.41, 5.74) is 4.09. The Morgan fingerprint density at radius 1 is 1.44 bits per heavy atom. The topological polar surface area (TPSA) is 20.7 Å². The molecule has 1 aromatic carbocycles. The van der Waals surface area contributed by atoms with E-state index in [9.17, 15) is 0 Å². The van der Waals surface area contributed by atoms with Crippen molar-refractivity contribution in [2.24, 2.45) is 5.41 Å². The van der Waals surface area contributed by atoms with Crippen LogP contribution in [0.1, 0.15) is 31.9 Å². The lowest BCUT2D eigenvalue weighted by Gasteiger charge is -2.06. The molecule has 0 radical (unpaired) electrons. The van der Waals surface area contributed by atoms with Crippen molar-refractivity contribution in [2.45, 2.75) is 33.2 Å². The first-order valence-electron chi connectivity index (χ1n) is 5.70. The number of rotatable bonds is 1. The number of fused-ring (bicyclic) bond motifs is 1. The number of H-pyrrole nitrogens is 1. The minimum atomic E-state index is 0.400. The molecular weight excluding hydrogens is 216 g/mol. The number of benzene rings is 1. The monoisotopic (exact) mass is 232 g/mol. The molecule has 2 aromatic rings. The second-order valence-corrected chi connectivity index (χ2v) is 5.92. The van der Waals surface area contributed by atoms with Crippen molar-refractivity contribution < 1.29 is 0 Å². The zero-order valence-electron chi connectivity index (χ0n) is 9.87. The van der Waals surface area contributed by atoms with Crippen molar-refractivity contribution in [1.82, 2.24) is 9.55 Å². The van der Waals surface area contributed by atoms with E-state index in [-0.39, 0.29) is 0 Å². The SMILES string of the molecule is Cc1ccc2[nH]c(=S)n(C3CC3(C)C)c2c1. The van der Waals surface area contributed by atoms with Gasteiger partial charge in [0.25, 0.3) is 0 Å². The highest BCUT2D eigenvalue weighted by Gasteiger charge is 2.47. The molecule has 3 heteroatoms. The maximum Gasteiger partial charge on any atom is 0.178 e. The Hall–Kier alpha value is -1.09. The first-order valence-corrected chi connectivity index (χ1v) is 6.11. The molecule has 0 amide bonds. The van der Waals surface area contributed by atoms with E-state index in [0.29, 0.717) is 11.5 Å². The number of imidazole rings is 1. The molecule has 3 rings (SSSR count). The average Bonchev–Trinajstić information content (AvgIpc) is 2.68. The van der Waals surface area contributed by atoms with Crippen LogP contribution in [0.4, 0.5) is 0 Å². The molecule has 1 unspecified atom stereocenters. The zero-order valence-corrected chi connectivity index (χ0v) is 10.7. The van der Waals surface area contributed by atoms with Crippen LogP contribution in [0, 0.1) is 17.1 Å². The number of hydrogen-bond donors (Lipinski definition) is 1. The highest BCUT2D eigenvalue weighted by atomic mass is 32.1. The van der Waals surface area contributed by atoms with Gasteiger partial charge in [0.15, 0.2) is 4.77 Å². The largest absolute Gasteiger partial charge is 0.331 e. The molecule has 1 atom stereocenters. The number of nitrogens with one attached hydrogen (secondary N) is 1. The fourth-order valence-electron chi connectivity index (χ4n) is 2.42. The third-order valence-electron chi connectivity index (χ3n) is 3.65. The van der Waals surface area contributed by atoms with E-state index < -0.39 is 0 Å². The van der Waals surface area contributed by atoms with E-state index in [2.05, 4.69) is 48.5 Å². The number of aryl methyl sites for hydroxylation is 1. The summed E-state index contributed by atoms with van der Waals surface area (Å²) < 4.78 is 3.15. The van der Waals surface area contributed by atoms with Crippen LogP contribution in [0.15, 0.2) is 18.2 Å². The van der Waals surface area contributed by atoms with Crippen LogP contribution in [0.2, 0.25) is 0 Å². The maximum atomic E-state index is 5.42. The lowest BCUT2D eigenvalue weighted by Crippen LogP contribution is -2.00. The second kappa shape index (κ2) is 2.98. The molecule has 84 valence electrons. The van der Waals surface area contributed by atoms with Gasteiger partial charge in [0.2, 0.25) is 0 Å². The van der Waals surface area contributed by atoms with Crippen molar-refractivity contribution >= 4 is 23.3 Å². The van der Waals surface area contributed by atoms with Crippen molar-refractivity contribution in [3.8, 4) is 0 Å². The predicted octanol–water partition coefficient (Wildman–Crippen LogP) is 3.98. The van der Waals surface area contributed by atoms with Gasteiger partial charge < -0.3 is 9.55 Å². The normalized spacial score (nSPS) is 22.6. The quantitative estimate of drug-likeness (QED) is 0.738. The Balaban J connectivity index is 2.27. The predicted molar refractivity (Wildman–Crippen MR) is 69.3 cm³/mol. The molecular formula is C13H16N2S. The lowest BCUT2D eigenvalue weighted by molar-refractivity contribution is 0.546. The van der Waals surface area contributed by atoms with Crippen LogP contribution < -0.4 is 0 Å². The van der Waals surface area contributed by atoms with Gasteiger partial charge in [-0.05, 0) is 48.7 Å². The van der Waals surface area contributed by atoms with Crippen LogP contribution in [0.25, 0.3) is 11.0 Å². The van der Waals surface area contributed by atoms with Crippen LogP contribution >= 0.6 is 12.2 Å². The van der Waals surface area contributed by atoms with Crippen molar-refractivity contribution in [1.29, 1.82) is 0 Å². The van der Waals surface area contributed by atoms with Gasteiger partial charge >= 0.3 is 0 Å². The molecule has 1 aromatic heterocycles. The third kappa shape index (κ3) is 1.34. The molecule has 0 saturated heterocycles. The molecule has 1 heterocycles. The Morgan fingerprint density at radius 2 is 2.12 bits per heavy atom. The van der Waals surface area contributed by atoms with Gasteiger partial charge in [-0.15, -0.1) is 0 Å². The zero-order chi connectivity index (χ0) is 11.5. The van der Waals surface area contributed by atoms with E-state index in [1.165, 1.54) is 17.5 Å². The van der Waals surface area contributed by atoms with E-state index in [1.807, 2.05) is 0 Å². The molecule has 1 N–H and O–H groups in total. The summed E-state index contributed by atoms with van der Waals surface area (Å²) in [6, 6.07) is 7.02. The first-order chi connectivity index (χ1) is 7.49. The van der Waals surface area contributed by atoms with Crippen molar-refractivity contribution in [3.05, 3.63) is 28.5 Å². The van der Waals surface area contributed by atoms with Crippen molar-refractivity contribution in [3.63, 3.8) is 0 Å². The molecule has 0 bridgehead atoms. The van der Waals surface area contributed by atoms with Crippen molar-refractivity contribution in [2.75, 3.05) is 0 Å². The Kier molecular flexibility index (Phi) is 1.88. The summed E-state index contributed by atoms with van der Waals surface area (Å²) >= 11 is 5.42. The summed E-state index contributed by atoms with van der Waals surface area (Å²) in [6.07, 6.45) is 1.22. The Morgan fingerprint density at radius 3 is 2.75 bits per heavy atom. The Bertz CT molecular complexity index is 618. The summed E-state index contributed by atoms with van der Waals surface area (Å²) in [5.74, 6) is 0. The number of aromatic nitrogens is 2. The summed E-state index contributed by atoms with van der Waals surface area (Å²) in [5, 5.41) is 0. The molecule has 1 fully saturated rings. The van der Waals surface area contributed by atoms with Crippen LogP contribution in [0.5, 0.6) is 0 Å². The lowest BCUT2D eigenvalue weighted by atomic mass is 10.2.